The lowest BCUT2D eigenvalue weighted by Gasteiger charge is -2.25. The van der Waals surface area contributed by atoms with Crippen molar-refractivity contribution in [3.8, 4) is 0 Å². The number of benzene rings is 4. The van der Waals surface area contributed by atoms with Crippen molar-refractivity contribution in [2.75, 3.05) is 5.73 Å². The van der Waals surface area contributed by atoms with Gasteiger partial charge in [-0.3, -0.25) is 0 Å². The molecule has 1 aromatic heterocycles. The van der Waals surface area contributed by atoms with E-state index in [0.717, 1.165) is 24.0 Å². The van der Waals surface area contributed by atoms with Gasteiger partial charge in [0.2, 0.25) is 0 Å². The van der Waals surface area contributed by atoms with Crippen LogP contribution in [0.25, 0.3) is 31.8 Å². The number of rotatable bonds is 1. The van der Waals surface area contributed by atoms with Crippen LogP contribution in [0.2, 0.25) is 0 Å². The molecule has 0 aliphatic heterocycles. The standard InChI is InChI=1S/C25H20N2S/c26-18-9-12-23-24(14-18)28-25(27-23)17-6-5-16-8-10-20-19-4-2-1-3-15(19)7-11-21(20)22(16)13-17/h1-4,7-12,14,17H,5-6,13,26H2. The second-order valence-electron chi connectivity index (χ2n) is 7.80. The van der Waals surface area contributed by atoms with E-state index in [1.165, 1.54) is 48.8 Å². The minimum Gasteiger partial charge on any atom is -0.399 e. The largest absolute Gasteiger partial charge is 0.399 e. The molecule has 28 heavy (non-hydrogen) atoms. The Morgan fingerprint density at radius 3 is 2.75 bits per heavy atom. The summed E-state index contributed by atoms with van der Waals surface area (Å²) in [6.07, 6.45) is 3.36. The molecule has 3 heteroatoms. The van der Waals surface area contributed by atoms with Crippen molar-refractivity contribution >= 4 is 48.8 Å². The Morgan fingerprint density at radius 2 is 1.79 bits per heavy atom. The summed E-state index contributed by atoms with van der Waals surface area (Å²) in [4.78, 5) is 4.94. The molecule has 136 valence electrons. The van der Waals surface area contributed by atoms with Crippen LogP contribution in [0.15, 0.2) is 66.7 Å². The maximum atomic E-state index is 5.96. The molecular weight excluding hydrogens is 360 g/mol. The number of aryl methyl sites for hydroxylation is 1. The molecule has 0 saturated carbocycles. The molecule has 0 fully saturated rings. The molecule has 5 aromatic rings. The molecule has 0 radical (unpaired) electrons. The molecule has 0 amide bonds. The minimum atomic E-state index is 0.489. The molecular formula is C25H20N2S. The predicted octanol–water partition coefficient (Wildman–Crippen LogP) is 6.46. The van der Waals surface area contributed by atoms with Crippen molar-refractivity contribution in [2.24, 2.45) is 0 Å². The minimum absolute atomic E-state index is 0.489. The van der Waals surface area contributed by atoms with Crippen molar-refractivity contribution < 1.29 is 0 Å². The van der Waals surface area contributed by atoms with E-state index in [9.17, 15) is 0 Å². The summed E-state index contributed by atoms with van der Waals surface area (Å²) >= 11 is 1.81. The van der Waals surface area contributed by atoms with Gasteiger partial charge in [-0.1, -0.05) is 48.5 Å². The predicted molar refractivity (Wildman–Crippen MR) is 120 cm³/mol. The number of nitrogens with zero attached hydrogens (tertiary/aromatic N) is 1. The molecule has 1 aliphatic rings. The first-order valence-corrected chi connectivity index (χ1v) is 10.7. The van der Waals surface area contributed by atoms with E-state index in [1.807, 2.05) is 23.5 Å². The Balaban J connectivity index is 1.48. The number of hydrogen-bond donors (Lipinski definition) is 1. The van der Waals surface area contributed by atoms with Crippen LogP contribution in [-0.2, 0) is 12.8 Å². The van der Waals surface area contributed by atoms with Gasteiger partial charge in [0.05, 0.1) is 15.2 Å². The molecule has 0 spiro atoms. The third-order valence-electron chi connectivity index (χ3n) is 6.13. The fraction of sp³-hybridized carbons (Fsp3) is 0.160. The topological polar surface area (TPSA) is 38.9 Å². The summed E-state index contributed by atoms with van der Waals surface area (Å²) in [7, 11) is 0. The van der Waals surface area contributed by atoms with E-state index in [4.69, 9.17) is 10.7 Å². The molecule has 1 aliphatic carbocycles. The second kappa shape index (κ2) is 6.05. The maximum absolute atomic E-state index is 5.96. The first-order chi connectivity index (χ1) is 13.8. The molecule has 4 aromatic carbocycles. The Morgan fingerprint density at radius 1 is 0.893 bits per heavy atom. The third kappa shape index (κ3) is 2.43. The molecule has 1 atom stereocenters. The molecule has 2 N–H and O–H groups in total. The number of anilines is 1. The van der Waals surface area contributed by atoms with Crippen LogP contribution in [0.3, 0.4) is 0 Å². The monoisotopic (exact) mass is 380 g/mol. The van der Waals surface area contributed by atoms with Crippen LogP contribution in [0.4, 0.5) is 5.69 Å². The summed E-state index contributed by atoms with van der Waals surface area (Å²) < 4.78 is 1.20. The number of fused-ring (bicyclic) bond motifs is 6. The highest BCUT2D eigenvalue weighted by atomic mass is 32.1. The van der Waals surface area contributed by atoms with Crippen LogP contribution in [0, 0.1) is 0 Å². The van der Waals surface area contributed by atoms with Crippen molar-refractivity contribution in [3.05, 3.63) is 82.9 Å². The van der Waals surface area contributed by atoms with Gasteiger partial charge in [-0.05, 0) is 70.1 Å². The first kappa shape index (κ1) is 16.1. The highest BCUT2D eigenvalue weighted by Crippen LogP contribution is 2.40. The van der Waals surface area contributed by atoms with E-state index < -0.39 is 0 Å². The highest BCUT2D eigenvalue weighted by Gasteiger charge is 2.24. The van der Waals surface area contributed by atoms with E-state index in [-0.39, 0.29) is 0 Å². The summed E-state index contributed by atoms with van der Waals surface area (Å²) in [5.41, 5.74) is 10.9. The number of thiazole rings is 1. The first-order valence-electron chi connectivity index (χ1n) is 9.84. The molecule has 6 rings (SSSR count). The van der Waals surface area contributed by atoms with Crippen molar-refractivity contribution in [2.45, 2.75) is 25.2 Å². The molecule has 2 nitrogen and oxygen atoms in total. The molecule has 0 bridgehead atoms. The van der Waals surface area contributed by atoms with Crippen LogP contribution in [0.1, 0.15) is 28.5 Å². The van der Waals surface area contributed by atoms with Gasteiger partial charge < -0.3 is 5.73 Å². The fourth-order valence-electron chi connectivity index (χ4n) is 4.69. The van der Waals surface area contributed by atoms with Gasteiger partial charge in [-0.25, -0.2) is 4.98 Å². The average Bonchev–Trinajstić information content (AvgIpc) is 3.16. The zero-order chi connectivity index (χ0) is 18.7. The van der Waals surface area contributed by atoms with Crippen LogP contribution in [0.5, 0.6) is 0 Å². The van der Waals surface area contributed by atoms with Gasteiger partial charge in [-0.15, -0.1) is 11.3 Å². The Kier molecular flexibility index (Phi) is 3.47. The number of hydrogen-bond acceptors (Lipinski definition) is 3. The third-order valence-corrected chi connectivity index (χ3v) is 7.31. The van der Waals surface area contributed by atoms with Gasteiger partial charge in [0.1, 0.15) is 0 Å². The number of nitrogens with two attached hydrogens (primary N) is 1. The van der Waals surface area contributed by atoms with Crippen LogP contribution >= 0.6 is 11.3 Å². The fourth-order valence-corrected chi connectivity index (χ4v) is 5.84. The quantitative estimate of drug-likeness (QED) is 0.268. The Bertz CT molecular complexity index is 1370. The maximum Gasteiger partial charge on any atom is 0.0972 e. The van der Waals surface area contributed by atoms with Crippen LogP contribution in [-0.4, -0.2) is 4.98 Å². The lowest BCUT2D eigenvalue weighted by molar-refractivity contribution is 0.586. The molecule has 1 heterocycles. The normalized spacial score (nSPS) is 16.6. The summed E-state index contributed by atoms with van der Waals surface area (Å²) in [5, 5.41) is 6.69. The van der Waals surface area contributed by atoms with E-state index in [0.29, 0.717) is 5.92 Å². The van der Waals surface area contributed by atoms with Gasteiger partial charge in [-0.2, -0.15) is 0 Å². The Labute approximate surface area is 167 Å². The van der Waals surface area contributed by atoms with E-state index in [2.05, 4.69) is 54.6 Å². The van der Waals surface area contributed by atoms with Gasteiger partial charge in [0.25, 0.3) is 0 Å². The van der Waals surface area contributed by atoms with Gasteiger partial charge in [0, 0.05) is 11.6 Å². The van der Waals surface area contributed by atoms with Crippen molar-refractivity contribution in [1.29, 1.82) is 0 Å². The summed E-state index contributed by atoms with van der Waals surface area (Å²) in [5.74, 6) is 0.489. The highest BCUT2D eigenvalue weighted by molar-refractivity contribution is 7.18. The molecule has 1 unspecified atom stereocenters. The van der Waals surface area contributed by atoms with E-state index >= 15 is 0 Å². The van der Waals surface area contributed by atoms with Crippen molar-refractivity contribution in [1.82, 2.24) is 4.98 Å². The number of nitrogen functional groups attached to an aromatic ring is 1. The summed E-state index contributed by atoms with van der Waals surface area (Å²) in [6.45, 7) is 0. The zero-order valence-electron chi connectivity index (χ0n) is 15.5. The zero-order valence-corrected chi connectivity index (χ0v) is 16.3. The SMILES string of the molecule is Nc1ccc2nc(C3CCc4ccc5c(ccc6ccccc65)c4C3)sc2c1. The van der Waals surface area contributed by atoms with Gasteiger partial charge >= 0.3 is 0 Å². The number of aromatic nitrogens is 1. The smallest absolute Gasteiger partial charge is 0.0972 e. The van der Waals surface area contributed by atoms with Crippen LogP contribution < -0.4 is 5.73 Å². The summed E-state index contributed by atoms with van der Waals surface area (Å²) in [6, 6.07) is 24.0. The van der Waals surface area contributed by atoms with Crippen molar-refractivity contribution in [3.63, 3.8) is 0 Å². The Hall–Kier alpha value is -2.91. The van der Waals surface area contributed by atoms with E-state index in [1.54, 1.807) is 0 Å². The second-order valence-corrected chi connectivity index (χ2v) is 8.87. The van der Waals surface area contributed by atoms with Gasteiger partial charge in [0.15, 0.2) is 0 Å². The average molecular weight is 381 g/mol. The lowest BCUT2D eigenvalue weighted by atomic mass is 9.81. The molecule has 0 saturated heterocycles. The lowest BCUT2D eigenvalue weighted by Crippen LogP contribution is -2.13.